The third-order valence-corrected chi connectivity index (χ3v) is 4.68. The monoisotopic (exact) mass is 355 g/mol. The Morgan fingerprint density at radius 2 is 2.00 bits per heavy atom. The van der Waals surface area contributed by atoms with Crippen molar-refractivity contribution in [3.8, 4) is 0 Å². The van der Waals surface area contributed by atoms with Crippen LogP contribution in [0.3, 0.4) is 0 Å². The quantitative estimate of drug-likeness (QED) is 0.780. The summed E-state index contributed by atoms with van der Waals surface area (Å²) in [5.74, 6) is 0.0829. The number of hydrogen-bond donors (Lipinski definition) is 2. The van der Waals surface area contributed by atoms with Crippen LogP contribution in [0.4, 0.5) is 5.69 Å². The molecule has 7 nitrogen and oxygen atoms in total. The Morgan fingerprint density at radius 3 is 2.77 bits per heavy atom. The number of hydrogen-bond acceptors (Lipinski definition) is 4. The summed E-state index contributed by atoms with van der Waals surface area (Å²) in [4.78, 5) is 24.1. The van der Waals surface area contributed by atoms with Gasteiger partial charge in [0.25, 0.3) is 0 Å². The number of aryl methyl sites for hydroxylation is 1. The zero-order valence-corrected chi connectivity index (χ0v) is 15.1. The molecule has 138 valence electrons. The van der Waals surface area contributed by atoms with Crippen molar-refractivity contribution in [3.05, 3.63) is 42.0 Å². The first-order chi connectivity index (χ1) is 12.6. The molecule has 1 aromatic carbocycles. The molecule has 1 heterocycles. The van der Waals surface area contributed by atoms with Crippen molar-refractivity contribution in [2.45, 2.75) is 58.0 Å². The summed E-state index contributed by atoms with van der Waals surface area (Å²) in [6.07, 6.45) is 7.48. The van der Waals surface area contributed by atoms with Crippen molar-refractivity contribution in [3.63, 3.8) is 0 Å². The van der Waals surface area contributed by atoms with E-state index in [0.29, 0.717) is 11.7 Å². The molecule has 0 bridgehead atoms. The summed E-state index contributed by atoms with van der Waals surface area (Å²) in [6, 6.07) is 7.89. The minimum atomic E-state index is -0.332. The van der Waals surface area contributed by atoms with Crippen LogP contribution in [0.2, 0.25) is 0 Å². The topological polar surface area (TPSA) is 88.9 Å². The van der Waals surface area contributed by atoms with E-state index in [1.807, 2.05) is 25.1 Å². The molecular weight excluding hydrogens is 330 g/mol. The summed E-state index contributed by atoms with van der Waals surface area (Å²) in [6.45, 7) is 2.23. The van der Waals surface area contributed by atoms with Gasteiger partial charge in [0.2, 0.25) is 11.8 Å². The fourth-order valence-electron chi connectivity index (χ4n) is 3.37. The van der Waals surface area contributed by atoms with Gasteiger partial charge in [0.15, 0.2) is 5.82 Å². The fourth-order valence-corrected chi connectivity index (χ4v) is 3.37. The molecule has 2 N–H and O–H groups in total. The van der Waals surface area contributed by atoms with Crippen LogP contribution < -0.4 is 10.6 Å². The van der Waals surface area contributed by atoms with Gasteiger partial charge in [0.1, 0.15) is 12.7 Å². The second kappa shape index (κ2) is 8.60. The van der Waals surface area contributed by atoms with E-state index in [4.69, 9.17) is 0 Å². The van der Waals surface area contributed by atoms with Crippen LogP contribution in [0.5, 0.6) is 0 Å². The number of rotatable bonds is 6. The minimum absolute atomic E-state index is 0.217. The highest BCUT2D eigenvalue weighted by molar-refractivity contribution is 6.03. The third-order valence-electron chi connectivity index (χ3n) is 4.68. The van der Waals surface area contributed by atoms with Gasteiger partial charge in [0, 0.05) is 11.7 Å². The smallest absolute Gasteiger partial charge is 0.233 e. The molecule has 3 rings (SSSR count). The van der Waals surface area contributed by atoms with Crippen molar-refractivity contribution in [2.75, 3.05) is 5.32 Å². The molecule has 0 aliphatic heterocycles. The highest BCUT2D eigenvalue weighted by atomic mass is 16.2. The van der Waals surface area contributed by atoms with Crippen molar-refractivity contribution >= 4 is 17.5 Å². The maximum absolute atomic E-state index is 12.1. The molecule has 0 unspecified atom stereocenters. The van der Waals surface area contributed by atoms with E-state index in [1.54, 1.807) is 12.4 Å². The van der Waals surface area contributed by atoms with E-state index in [2.05, 4.69) is 25.4 Å². The number of aromatic nitrogens is 3. The van der Waals surface area contributed by atoms with E-state index in [0.717, 1.165) is 24.2 Å². The molecule has 0 radical (unpaired) electrons. The second-order valence-electron chi connectivity index (χ2n) is 6.82. The van der Waals surface area contributed by atoms with Gasteiger partial charge in [0.05, 0.1) is 6.54 Å². The Bertz CT molecular complexity index is 765. The van der Waals surface area contributed by atoms with Crippen LogP contribution in [0.25, 0.3) is 0 Å². The van der Waals surface area contributed by atoms with E-state index >= 15 is 0 Å². The number of nitrogens with one attached hydrogen (secondary N) is 2. The van der Waals surface area contributed by atoms with Gasteiger partial charge in [-0.05, 0) is 37.5 Å². The molecule has 2 aromatic rings. The van der Waals surface area contributed by atoms with Crippen LogP contribution >= 0.6 is 0 Å². The normalized spacial score (nSPS) is 14.8. The van der Waals surface area contributed by atoms with Gasteiger partial charge >= 0.3 is 0 Å². The summed E-state index contributed by atoms with van der Waals surface area (Å²) in [7, 11) is 0. The summed E-state index contributed by atoms with van der Waals surface area (Å²) >= 11 is 0. The lowest BCUT2D eigenvalue weighted by atomic mass is 9.95. The molecule has 1 aromatic heterocycles. The zero-order chi connectivity index (χ0) is 18.4. The van der Waals surface area contributed by atoms with Crippen LogP contribution in [0, 0.1) is 6.92 Å². The van der Waals surface area contributed by atoms with Gasteiger partial charge in [-0.2, -0.15) is 0 Å². The minimum Gasteiger partial charge on any atom is -0.348 e. The first-order valence-electron chi connectivity index (χ1n) is 9.13. The molecule has 1 saturated carbocycles. The van der Waals surface area contributed by atoms with Crippen LogP contribution in [0.1, 0.15) is 56.0 Å². The molecule has 1 aliphatic carbocycles. The summed E-state index contributed by atoms with van der Waals surface area (Å²) in [5, 5.41) is 13.6. The molecule has 7 heteroatoms. The fraction of sp³-hybridized carbons (Fsp3) is 0.474. The summed E-state index contributed by atoms with van der Waals surface area (Å²) < 4.78 is 2.06. The van der Waals surface area contributed by atoms with E-state index in [-0.39, 0.29) is 24.8 Å². The maximum atomic E-state index is 12.1. The van der Waals surface area contributed by atoms with Crippen molar-refractivity contribution in [1.82, 2.24) is 20.1 Å². The number of anilines is 1. The summed E-state index contributed by atoms with van der Waals surface area (Å²) in [5.41, 5.74) is 1.74. The Labute approximate surface area is 153 Å². The number of carbonyl (C=O) groups excluding carboxylic acids is 2. The molecule has 0 spiro atoms. The lowest BCUT2D eigenvalue weighted by molar-refractivity contribution is -0.126. The highest BCUT2D eigenvalue weighted by Crippen LogP contribution is 2.28. The lowest BCUT2D eigenvalue weighted by Crippen LogP contribution is -2.29. The SMILES string of the molecule is Cc1cccc(NC(=O)CC(=O)NCc2nncn2C2CCCCC2)c1. The Kier molecular flexibility index (Phi) is 5.99. The average Bonchev–Trinajstić information content (AvgIpc) is 3.09. The molecular formula is C19H25N5O2. The standard InChI is InChI=1S/C19H25N5O2/c1-14-6-5-7-15(10-14)22-19(26)11-18(25)20-12-17-23-21-13-24(17)16-8-3-2-4-9-16/h5-7,10,13,16H,2-4,8-9,11-12H2,1H3,(H,20,25)(H,22,26). The first kappa shape index (κ1) is 18.1. The van der Waals surface area contributed by atoms with Crippen molar-refractivity contribution < 1.29 is 9.59 Å². The van der Waals surface area contributed by atoms with Gasteiger partial charge < -0.3 is 15.2 Å². The largest absolute Gasteiger partial charge is 0.348 e. The van der Waals surface area contributed by atoms with Gasteiger partial charge in [-0.1, -0.05) is 31.4 Å². The maximum Gasteiger partial charge on any atom is 0.233 e. The average molecular weight is 355 g/mol. The van der Waals surface area contributed by atoms with Crippen LogP contribution in [-0.2, 0) is 16.1 Å². The first-order valence-corrected chi connectivity index (χ1v) is 9.13. The predicted octanol–water partition coefficient (Wildman–Crippen LogP) is 2.74. The third kappa shape index (κ3) is 4.91. The number of benzene rings is 1. The molecule has 1 fully saturated rings. The van der Waals surface area contributed by atoms with E-state index < -0.39 is 0 Å². The van der Waals surface area contributed by atoms with Crippen molar-refractivity contribution in [2.24, 2.45) is 0 Å². The van der Waals surface area contributed by atoms with Crippen LogP contribution in [-0.4, -0.2) is 26.6 Å². The van der Waals surface area contributed by atoms with Gasteiger partial charge in [-0.3, -0.25) is 9.59 Å². The highest BCUT2D eigenvalue weighted by Gasteiger charge is 2.19. The Balaban J connectivity index is 1.48. The Hall–Kier alpha value is -2.70. The van der Waals surface area contributed by atoms with E-state index in [9.17, 15) is 9.59 Å². The van der Waals surface area contributed by atoms with E-state index in [1.165, 1.54) is 19.3 Å². The number of amides is 2. The molecule has 0 saturated heterocycles. The predicted molar refractivity (Wildman–Crippen MR) is 98.4 cm³/mol. The lowest BCUT2D eigenvalue weighted by Gasteiger charge is -2.24. The zero-order valence-electron chi connectivity index (χ0n) is 15.1. The number of nitrogens with zero attached hydrogens (tertiary/aromatic N) is 3. The van der Waals surface area contributed by atoms with Crippen LogP contribution in [0.15, 0.2) is 30.6 Å². The molecule has 26 heavy (non-hydrogen) atoms. The van der Waals surface area contributed by atoms with Gasteiger partial charge in [-0.25, -0.2) is 0 Å². The molecule has 2 amide bonds. The second-order valence-corrected chi connectivity index (χ2v) is 6.82. The molecule has 1 aliphatic rings. The molecule has 0 atom stereocenters. The van der Waals surface area contributed by atoms with Crippen molar-refractivity contribution in [1.29, 1.82) is 0 Å². The number of carbonyl (C=O) groups is 2. The van der Waals surface area contributed by atoms with Gasteiger partial charge in [-0.15, -0.1) is 10.2 Å². The Morgan fingerprint density at radius 1 is 1.19 bits per heavy atom.